The Morgan fingerprint density at radius 1 is 0.345 bits per heavy atom. The molecule has 2 fully saturated rings. The van der Waals surface area contributed by atoms with E-state index < -0.39 is 11.2 Å². The molecule has 2 atom stereocenters. The quantitative estimate of drug-likeness (QED) is 0.0351. The van der Waals surface area contributed by atoms with Gasteiger partial charge in [-0.15, -0.1) is 0 Å². The standard InChI is InChI=1S/C50H94O5/c1-3-5-7-9-11-13-15-17-19-21-23-25-27-29-31-33-35-37-41-45-53-47(51)49-43-39-40-44-50(49,55-49)48(52)54-46-42-38-36-34-32-30-28-26-24-22-20-18-16-14-12-10-8-6-4-2/h3-46H2,1-2H3. The summed E-state index contributed by atoms with van der Waals surface area (Å²) in [6.45, 7) is 5.43. The first-order valence-corrected chi connectivity index (χ1v) is 25.2. The number of unbranched alkanes of at least 4 members (excludes halogenated alkanes) is 36. The summed E-state index contributed by atoms with van der Waals surface area (Å²) < 4.78 is 17.4. The average Bonchev–Trinajstić information content (AvgIpc) is 3.92. The third kappa shape index (κ3) is 23.2. The van der Waals surface area contributed by atoms with Crippen LogP contribution in [0.15, 0.2) is 0 Å². The van der Waals surface area contributed by atoms with Gasteiger partial charge >= 0.3 is 11.9 Å². The zero-order valence-corrected chi connectivity index (χ0v) is 37.2. The van der Waals surface area contributed by atoms with Crippen molar-refractivity contribution in [2.45, 2.75) is 295 Å². The number of fused-ring (bicyclic) bond motifs is 1. The molecule has 1 saturated carbocycles. The molecule has 2 aliphatic rings. The second kappa shape index (κ2) is 34.9. The SMILES string of the molecule is CCCCCCCCCCCCCCCCCCCCCOC(=O)C12CCCCC1(C(=O)OCCCCCCCCCCCCCCCCCCCCC)O2. The minimum atomic E-state index is -1.09. The lowest BCUT2D eigenvalue weighted by molar-refractivity contribution is -0.155. The Balaban J connectivity index is 1.36. The zero-order valence-electron chi connectivity index (χ0n) is 37.2. The van der Waals surface area contributed by atoms with E-state index in [4.69, 9.17) is 14.2 Å². The maximum absolute atomic E-state index is 13.2. The molecule has 324 valence electrons. The lowest BCUT2D eigenvalue weighted by Gasteiger charge is -2.22. The molecule has 0 spiro atoms. The van der Waals surface area contributed by atoms with Gasteiger partial charge in [0.1, 0.15) is 0 Å². The predicted octanol–water partition coefficient (Wildman–Crippen LogP) is 16.0. The molecule has 0 aromatic carbocycles. The number of carbonyl (C=O) groups excluding carboxylic acids is 2. The molecule has 5 heteroatoms. The Morgan fingerprint density at radius 2 is 0.545 bits per heavy atom. The molecular formula is C50H94O5. The Morgan fingerprint density at radius 3 is 0.764 bits per heavy atom. The molecule has 1 aliphatic heterocycles. The fraction of sp³-hybridized carbons (Fsp3) is 0.960. The van der Waals surface area contributed by atoms with Gasteiger partial charge in [0.05, 0.1) is 13.2 Å². The molecule has 0 radical (unpaired) electrons. The van der Waals surface area contributed by atoms with Crippen LogP contribution in [0, 0.1) is 0 Å². The topological polar surface area (TPSA) is 65.1 Å². The highest BCUT2D eigenvalue weighted by atomic mass is 16.7. The highest BCUT2D eigenvalue weighted by Gasteiger charge is 2.81. The van der Waals surface area contributed by atoms with Crippen LogP contribution in [-0.2, 0) is 23.8 Å². The number of carbonyl (C=O) groups is 2. The number of esters is 2. The van der Waals surface area contributed by atoms with E-state index in [2.05, 4.69) is 13.8 Å². The molecule has 0 N–H and O–H groups in total. The fourth-order valence-corrected chi connectivity index (χ4v) is 9.07. The summed E-state index contributed by atoms with van der Waals surface area (Å²) in [6, 6.07) is 0. The largest absolute Gasteiger partial charge is 0.463 e. The molecular weight excluding hydrogens is 681 g/mol. The van der Waals surface area contributed by atoms with Crippen molar-refractivity contribution < 1.29 is 23.8 Å². The lowest BCUT2D eigenvalue weighted by Crippen LogP contribution is -2.44. The van der Waals surface area contributed by atoms with Crippen LogP contribution in [0.2, 0.25) is 0 Å². The van der Waals surface area contributed by atoms with Gasteiger partial charge in [0.25, 0.3) is 0 Å². The maximum atomic E-state index is 13.2. The summed E-state index contributed by atoms with van der Waals surface area (Å²) >= 11 is 0. The van der Waals surface area contributed by atoms with Crippen LogP contribution < -0.4 is 0 Å². The Labute approximate surface area is 342 Å². The van der Waals surface area contributed by atoms with Gasteiger partial charge < -0.3 is 14.2 Å². The molecule has 5 nitrogen and oxygen atoms in total. The van der Waals surface area contributed by atoms with Crippen LogP contribution in [0.5, 0.6) is 0 Å². The highest BCUT2D eigenvalue weighted by molar-refractivity contribution is 5.98. The van der Waals surface area contributed by atoms with Gasteiger partial charge in [0, 0.05) is 0 Å². The van der Waals surface area contributed by atoms with E-state index in [1.807, 2.05) is 0 Å². The van der Waals surface area contributed by atoms with E-state index in [0.29, 0.717) is 26.1 Å². The Hall–Kier alpha value is -1.10. The molecule has 2 rings (SSSR count). The van der Waals surface area contributed by atoms with E-state index in [-0.39, 0.29) is 11.9 Å². The number of hydrogen-bond donors (Lipinski definition) is 0. The van der Waals surface area contributed by atoms with Crippen LogP contribution in [-0.4, -0.2) is 36.4 Å². The first-order valence-electron chi connectivity index (χ1n) is 25.2. The Kier molecular flexibility index (Phi) is 31.8. The van der Waals surface area contributed by atoms with Crippen molar-refractivity contribution in [1.82, 2.24) is 0 Å². The maximum Gasteiger partial charge on any atom is 0.342 e. The minimum Gasteiger partial charge on any atom is -0.463 e. The molecule has 0 aromatic rings. The summed E-state index contributed by atoms with van der Waals surface area (Å²) in [5.41, 5.74) is -2.19. The van der Waals surface area contributed by atoms with Crippen LogP contribution in [0.1, 0.15) is 284 Å². The second-order valence-electron chi connectivity index (χ2n) is 18.0. The number of rotatable bonds is 42. The predicted molar refractivity (Wildman–Crippen MR) is 234 cm³/mol. The second-order valence-corrected chi connectivity index (χ2v) is 18.0. The molecule has 1 saturated heterocycles. The summed E-state index contributed by atoms with van der Waals surface area (Å²) in [5.74, 6) is -0.676. The summed E-state index contributed by atoms with van der Waals surface area (Å²) in [7, 11) is 0. The first kappa shape index (κ1) is 50.0. The molecule has 1 heterocycles. The van der Waals surface area contributed by atoms with Crippen molar-refractivity contribution in [1.29, 1.82) is 0 Å². The van der Waals surface area contributed by atoms with E-state index in [1.54, 1.807) is 0 Å². The smallest absolute Gasteiger partial charge is 0.342 e. The van der Waals surface area contributed by atoms with Crippen molar-refractivity contribution in [3.05, 3.63) is 0 Å². The number of hydrogen-bond acceptors (Lipinski definition) is 5. The minimum absolute atomic E-state index is 0.338. The van der Waals surface area contributed by atoms with Gasteiger partial charge in [-0.25, -0.2) is 9.59 Å². The van der Waals surface area contributed by atoms with Crippen molar-refractivity contribution in [3.63, 3.8) is 0 Å². The van der Waals surface area contributed by atoms with Crippen LogP contribution in [0.4, 0.5) is 0 Å². The number of epoxide rings is 1. The molecule has 55 heavy (non-hydrogen) atoms. The van der Waals surface area contributed by atoms with Crippen molar-refractivity contribution in [3.8, 4) is 0 Å². The molecule has 0 bridgehead atoms. The van der Waals surface area contributed by atoms with Crippen molar-refractivity contribution in [2.24, 2.45) is 0 Å². The van der Waals surface area contributed by atoms with Crippen LogP contribution in [0.3, 0.4) is 0 Å². The fourth-order valence-electron chi connectivity index (χ4n) is 9.07. The summed E-state index contributed by atoms with van der Waals surface area (Å²) in [5, 5.41) is 0. The highest BCUT2D eigenvalue weighted by Crippen LogP contribution is 2.59. The molecule has 0 aromatic heterocycles. The van der Waals surface area contributed by atoms with E-state index in [9.17, 15) is 9.59 Å². The number of ether oxygens (including phenoxy) is 3. The van der Waals surface area contributed by atoms with E-state index in [0.717, 1.165) is 38.5 Å². The van der Waals surface area contributed by atoms with E-state index >= 15 is 0 Å². The van der Waals surface area contributed by atoms with Gasteiger partial charge in [-0.3, -0.25) is 0 Å². The Bertz CT molecular complexity index is 819. The van der Waals surface area contributed by atoms with Crippen LogP contribution >= 0.6 is 0 Å². The molecule has 2 unspecified atom stereocenters. The monoisotopic (exact) mass is 775 g/mol. The first-order chi connectivity index (χ1) is 27.1. The van der Waals surface area contributed by atoms with E-state index in [1.165, 1.54) is 218 Å². The third-order valence-electron chi connectivity index (χ3n) is 12.9. The van der Waals surface area contributed by atoms with Gasteiger partial charge in [0.15, 0.2) is 0 Å². The van der Waals surface area contributed by atoms with Gasteiger partial charge in [-0.05, 0) is 38.5 Å². The third-order valence-corrected chi connectivity index (χ3v) is 12.9. The molecule has 0 amide bonds. The van der Waals surface area contributed by atoms with Crippen LogP contribution in [0.25, 0.3) is 0 Å². The molecule has 1 aliphatic carbocycles. The summed E-state index contributed by atoms with van der Waals surface area (Å²) in [6.07, 6.45) is 54.0. The summed E-state index contributed by atoms with van der Waals surface area (Å²) in [4.78, 5) is 26.3. The lowest BCUT2D eigenvalue weighted by atomic mass is 9.79. The van der Waals surface area contributed by atoms with Gasteiger partial charge in [-0.1, -0.05) is 245 Å². The average molecular weight is 775 g/mol. The van der Waals surface area contributed by atoms with Gasteiger partial charge in [-0.2, -0.15) is 0 Å². The van der Waals surface area contributed by atoms with Gasteiger partial charge in [0.2, 0.25) is 11.2 Å². The van der Waals surface area contributed by atoms with Crippen molar-refractivity contribution in [2.75, 3.05) is 13.2 Å². The van der Waals surface area contributed by atoms with Crippen molar-refractivity contribution >= 4 is 11.9 Å². The normalized spacial score (nSPS) is 19.0. The zero-order chi connectivity index (χ0) is 39.4.